The van der Waals surface area contributed by atoms with E-state index in [-0.39, 0.29) is 29.8 Å². The Morgan fingerprint density at radius 1 is 0.680 bits per heavy atom. The number of nitrogens with zero attached hydrogens (tertiary/aromatic N) is 3. The Balaban J connectivity index is 0.000000161. The van der Waals surface area contributed by atoms with Crippen LogP contribution in [0.25, 0.3) is 12.2 Å². The van der Waals surface area contributed by atoms with Crippen molar-refractivity contribution in [2.24, 2.45) is 11.8 Å². The summed E-state index contributed by atoms with van der Waals surface area (Å²) in [5.74, 6) is -2.21. The predicted molar refractivity (Wildman–Crippen MR) is 289 cm³/mol. The molecule has 0 radical (unpaired) electrons. The smallest absolute Gasteiger partial charge is 0.246 e. The molecule has 0 bridgehead atoms. The number of piperidine rings is 4. The van der Waals surface area contributed by atoms with Gasteiger partial charge in [0.05, 0.1) is 18.8 Å². The van der Waals surface area contributed by atoms with Gasteiger partial charge in [0.25, 0.3) is 0 Å². The van der Waals surface area contributed by atoms with Crippen LogP contribution in [0.15, 0.2) is 84.9 Å². The molecule has 11 rings (SSSR count). The second-order valence-electron chi connectivity index (χ2n) is 20.9. The molecule has 75 heavy (non-hydrogen) atoms. The number of ether oxygens (including phenoxy) is 1. The summed E-state index contributed by atoms with van der Waals surface area (Å²) >= 11 is 12.2. The van der Waals surface area contributed by atoms with Gasteiger partial charge in [-0.3, -0.25) is 9.59 Å². The lowest BCUT2D eigenvalue weighted by Crippen LogP contribution is -2.48. The number of anilines is 2. The number of amides is 2. The molecule has 7 aliphatic heterocycles. The maximum Gasteiger partial charge on any atom is 0.246 e. The van der Waals surface area contributed by atoms with Gasteiger partial charge in [0.1, 0.15) is 23.3 Å². The first kappa shape index (κ1) is 56.2. The topological polar surface area (TPSA) is 133 Å². The highest BCUT2D eigenvalue weighted by Gasteiger charge is 2.43. The van der Waals surface area contributed by atoms with Gasteiger partial charge < -0.3 is 45.6 Å². The lowest BCUT2D eigenvalue weighted by molar-refractivity contribution is -0.128. The number of β-amino-alcohol motifs (C(OH)–C–C–N with tert-alkyl or cyclic N) is 1. The minimum Gasteiger partial charge on any atom is -0.397 e. The van der Waals surface area contributed by atoms with Crippen molar-refractivity contribution < 1.29 is 42.1 Å². The summed E-state index contributed by atoms with van der Waals surface area (Å²) in [5.41, 5.74) is 6.40. The van der Waals surface area contributed by atoms with Gasteiger partial charge in [0.15, 0.2) is 0 Å². The van der Waals surface area contributed by atoms with E-state index >= 15 is 0 Å². The molecule has 7 heterocycles. The van der Waals surface area contributed by atoms with Gasteiger partial charge in [0.2, 0.25) is 11.8 Å². The summed E-state index contributed by atoms with van der Waals surface area (Å²) in [5, 5.41) is 30.5. The van der Waals surface area contributed by atoms with Crippen LogP contribution in [0.4, 0.5) is 28.9 Å². The first-order valence-electron chi connectivity index (χ1n) is 26.4. The number of hydrogen-bond donors (Lipinski definition) is 5. The third-order valence-electron chi connectivity index (χ3n) is 15.9. The minimum absolute atomic E-state index is 0.116. The molecule has 5 saturated heterocycles. The highest BCUT2D eigenvalue weighted by Crippen LogP contribution is 2.46. The maximum absolute atomic E-state index is 13.3. The molecule has 2 unspecified atom stereocenters. The minimum atomic E-state index is -0.671. The summed E-state index contributed by atoms with van der Waals surface area (Å²) in [6, 6.07) is 18.8. The number of nitrogens with one attached hydrogen (secondary N) is 3. The average Bonchev–Trinajstić information content (AvgIpc) is 4.13. The van der Waals surface area contributed by atoms with Crippen molar-refractivity contribution in [3.05, 3.63) is 141 Å². The number of aliphatic hydroxyl groups excluding tert-OH is 2. The van der Waals surface area contributed by atoms with E-state index in [4.69, 9.17) is 33.0 Å². The van der Waals surface area contributed by atoms with Crippen LogP contribution in [0.3, 0.4) is 0 Å². The van der Waals surface area contributed by atoms with Crippen LogP contribution in [-0.2, 0) is 25.2 Å². The van der Waals surface area contributed by atoms with E-state index in [2.05, 4.69) is 33.0 Å². The SMILES string of the molecule is CCO.Clc1ccc2c(c1)NCC21CCNCC1.O=C(/C=C/c1cc(F)cc(F)c1)N1CCC(C(O)CN2CCC3(CC2)CNc2cc(Cl)ccc23)CC1.O=C(/C=C/c1cc(F)cc(F)c1)N1CCC(C2CO2)CC1. The Morgan fingerprint density at radius 3 is 1.55 bits per heavy atom. The van der Waals surface area contributed by atoms with Gasteiger partial charge in [-0.15, -0.1) is 0 Å². The predicted octanol–water partition coefficient (Wildman–Crippen LogP) is 9.69. The number of hydrogen-bond acceptors (Lipinski definition) is 9. The molecule has 2 spiro atoms. The molecule has 7 aliphatic rings. The number of epoxide rings is 1. The van der Waals surface area contributed by atoms with Gasteiger partial charge in [-0.1, -0.05) is 35.3 Å². The molecule has 11 nitrogen and oxygen atoms in total. The molecule has 4 aromatic carbocycles. The van der Waals surface area contributed by atoms with Crippen molar-refractivity contribution in [3.8, 4) is 0 Å². The molecule has 2 amide bonds. The molecule has 404 valence electrons. The highest BCUT2D eigenvalue weighted by atomic mass is 35.5. The zero-order valence-electron chi connectivity index (χ0n) is 42.6. The Bertz CT molecular complexity index is 2600. The maximum atomic E-state index is 13.3. The van der Waals surface area contributed by atoms with Gasteiger partial charge in [-0.05, 0) is 179 Å². The van der Waals surface area contributed by atoms with E-state index in [1.807, 2.05) is 24.3 Å². The zero-order valence-corrected chi connectivity index (χ0v) is 44.1. The Kier molecular flexibility index (Phi) is 19.4. The van der Waals surface area contributed by atoms with E-state index in [1.54, 1.807) is 16.7 Å². The van der Waals surface area contributed by atoms with E-state index in [0.29, 0.717) is 61.3 Å². The second-order valence-corrected chi connectivity index (χ2v) is 21.7. The lowest BCUT2D eigenvalue weighted by atomic mass is 9.74. The third-order valence-corrected chi connectivity index (χ3v) is 16.4. The van der Waals surface area contributed by atoms with Crippen LogP contribution < -0.4 is 16.0 Å². The lowest BCUT2D eigenvalue weighted by Gasteiger charge is -2.41. The van der Waals surface area contributed by atoms with Crippen molar-refractivity contribution in [2.45, 2.75) is 81.3 Å². The molecule has 4 aromatic rings. The number of aliphatic hydroxyl groups is 2. The number of likely N-dealkylation sites (tertiary alicyclic amines) is 3. The summed E-state index contributed by atoms with van der Waals surface area (Å²) in [6.45, 7) is 12.2. The van der Waals surface area contributed by atoms with Crippen LogP contribution in [0.1, 0.15) is 80.5 Å². The fourth-order valence-corrected chi connectivity index (χ4v) is 11.9. The third kappa shape index (κ3) is 14.9. The quantitative estimate of drug-likeness (QED) is 0.0665. The number of carbonyl (C=O) groups excluding carboxylic acids is 2. The molecule has 0 aromatic heterocycles. The van der Waals surface area contributed by atoms with Gasteiger partial charge in [-0.25, -0.2) is 17.6 Å². The van der Waals surface area contributed by atoms with Crippen LogP contribution in [-0.4, -0.2) is 134 Å². The van der Waals surface area contributed by atoms with Gasteiger partial charge in [0, 0.05) is 109 Å². The van der Waals surface area contributed by atoms with Crippen LogP contribution in [0.5, 0.6) is 0 Å². The van der Waals surface area contributed by atoms with Crippen molar-refractivity contribution in [3.63, 3.8) is 0 Å². The molecule has 2 atom stereocenters. The number of benzene rings is 4. The molecule has 5 N–H and O–H groups in total. The van der Waals surface area contributed by atoms with Crippen LogP contribution >= 0.6 is 23.2 Å². The molecule has 0 saturated carbocycles. The zero-order chi connectivity index (χ0) is 53.1. The van der Waals surface area contributed by atoms with E-state index in [9.17, 15) is 32.3 Å². The second kappa shape index (κ2) is 25.9. The van der Waals surface area contributed by atoms with Crippen LogP contribution in [0, 0.1) is 35.1 Å². The highest BCUT2D eigenvalue weighted by molar-refractivity contribution is 6.31. The normalized spacial score (nSPS) is 21.2. The largest absolute Gasteiger partial charge is 0.397 e. The van der Waals surface area contributed by atoms with Gasteiger partial charge in [-0.2, -0.15) is 0 Å². The van der Waals surface area contributed by atoms with Crippen molar-refractivity contribution >= 4 is 58.5 Å². The Labute approximate surface area is 448 Å². The van der Waals surface area contributed by atoms with E-state index in [0.717, 1.165) is 112 Å². The van der Waals surface area contributed by atoms with Crippen molar-refractivity contribution in [1.29, 1.82) is 0 Å². The molecular weight excluding hydrogens is 1010 g/mol. The number of halogens is 6. The molecule has 5 fully saturated rings. The number of rotatable bonds is 8. The van der Waals surface area contributed by atoms with Crippen molar-refractivity contribution in [1.82, 2.24) is 20.0 Å². The Morgan fingerprint density at radius 2 is 1.11 bits per heavy atom. The fraction of sp³-hybridized carbons (Fsp3) is 0.483. The first-order valence-corrected chi connectivity index (χ1v) is 27.2. The standard InChI is InChI=1S/C28H32ClF2N3O2.C16H17F2NO2.C12H15ClN2.C2H6O/c29-21-2-3-24-25(15-21)32-18-28(24)7-11-33(12-8-28)17-26(35)20-5-9-34(10-6-20)27(36)4-1-19-13-22(30)16-23(31)14-19;17-13-7-11(8-14(18)9-13)1-2-16(20)19-5-3-12(4-6-19)15-10-21-15;13-9-1-2-10-11(7-9)15-8-12(10)3-5-14-6-4-12;1-2-3/h1-4,13-16,20,26,32,35H,5-12,17-18H2;1-2,7-9,12,15H,3-6,10H2;1-2,7,14-15H,3-6,8H2;3H,2H2,1H3/b4-1+;2-1+;;. The summed E-state index contributed by atoms with van der Waals surface area (Å²) in [4.78, 5) is 30.5. The first-order chi connectivity index (χ1) is 36.1. The molecule has 17 heteroatoms. The summed E-state index contributed by atoms with van der Waals surface area (Å²) in [6.07, 6.45) is 13.6. The average molecular weight is 1080 g/mol. The van der Waals surface area contributed by atoms with Crippen LogP contribution in [0.2, 0.25) is 10.0 Å². The van der Waals surface area contributed by atoms with E-state index in [1.165, 1.54) is 78.2 Å². The molecular formula is C58H70Cl2F4N6O5. The van der Waals surface area contributed by atoms with E-state index < -0.39 is 29.4 Å². The Hall–Kier alpha value is -5.00. The molecule has 0 aliphatic carbocycles. The fourth-order valence-electron chi connectivity index (χ4n) is 11.6. The summed E-state index contributed by atoms with van der Waals surface area (Å²) < 4.78 is 58.1. The van der Waals surface area contributed by atoms with Gasteiger partial charge >= 0.3 is 0 Å². The number of carbonyl (C=O) groups is 2. The summed E-state index contributed by atoms with van der Waals surface area (Å²) in [7, 11) is 0. The monoisotopic (exact) mass is 1080 g/mol. The van der Waals surface area contributed by atoms with Crippen molar-refractivity contribution in [2.75, 3.05) is 95.8 Å². The number of fused-ring (bicyclic) bond motifs is 4.